The number of hydrogen-bond acceptors (Lipinski definition) is 9. The highest BCUT2D eigenvalue weighted by atomic mass is 19.1. The van der Waals surface area contributed by atoms with E-state index in [4.69, 9.17) is 18.9 Å². The van der Waals surface area contributed by atoms with Gasteiger partial charge in [-0.25, -0.2) is 9.18 Å². The van der Waals surface area contributed by atoms with Crippen LogP contribution in [0.4, 0.5) is 14.9 Å². The Morgan fingerprint density at radius 3 is 2.51 bits per heavy atom. The molecule has 13 heteroatoms. The Bertz CT molecular complexity index is 1540. The lowest BCUT2D eigenvalue weighted by Crippen LogP contribution is -2.55. The maximum Gasteiger partial charge on any atom is 0.520 e. The van der Waals surface area contributed by atoms with E-state index in [1.165, 1.54) is 39.6 Å². The summed E-state index contributed by atoms with van der Waals surface area (Å²) >= 11 is 0. The van der Waals surface area contributed by atoms with Gasteiger partial charge >= 0.3 is 11.9 Å². The standard InChI is InChI=1S/C28H28FN5O7/c1-33-28(37)34(15-16-7-10-40-11-8-16)27(36)25(32-33)26(35)31-17-4-5-22(19(29)12-17)41-21-6-9-30-20-14-24(39-3)23(38-2)13-18(20)21/h4-6,9,12-14,16,25H,7-8,10-11,15H2,1-3H3/p+1. The predicted octanol–water partition coefficient (Wildman–Crippen LogP) is 3.97. The lowest BCUT2D eigenvalue weighted by atomic mass is 9.99. The van der Waals surface area contributed by atoms with Gasteiger partial charge in [-0.1, -0.05) is 5.11 Å². The second kappa shape index (κ2) is 11.8. The van der Waals surface area contributed by atoms with Crippen LogP contribution in [0.5, 0.6) is 23.0 Å². The van der Waals surface area contributed by atoms with Crippen molar-refractivity contribution in [3.8, 4) is 23.0 Å². The summed E-state index contributed by atoms with van der Waals surface area (Å²) in [6, 6.07) is 6.72. The maximum atomic E-state index is 15.1. The molecule has 0 radical (unpaired) electrons. The van der Waals surface area contributed by atoms with E-state index in [0.717, 1.165) is 15.7 Å². The van der Waals surface area contributed by atoms with Crippen LogP contribution in [0.25, 0.3) is 10.9 Å². The average Bonchev–Trinajstić information content (AvgIpc) is 2.98. The summed E-state index contributed by atoms with van der Waals surface area (Å²) in [4.78, 5) is 44.1. The fraction of sp³-hybridized carbons (Fsp3) is 0.357. The fourth-order valence-electron chi connectivity index (χ4n) is 4.74. The van der Waals surface area contributed by atoms with Crippen LogP contribution in [0.1, 0.15) is 12.8 Å². The van der Waals surface area contributed by atoms with E-state index in [-0.39, 0.29) is 23.9 Å². The van der Waals surface area contributed by atoms with E-state index in [1.54, 1.807) is 18.2 Å². The molecule has 1 N–H and O–H groups in total. The van der Waals surface area contributed by atoms with E-state index >= 15 is 4.39 Å². The van der Waals surface area contributed by atoms with Crippen LogP contribution in [0, 0.1) is 11.7 Å². The largest absolute Gasteiger partial charge is 0.520 e. The molecule has 3 aromatic rings. The number of methoxy groups -OCH3 is 2. The SMILES string of the molecule is COc1cc2nccc(Oc3ccc(NC(=O)C4N=[N+](C)C(=O)N(CC5CCOCC5)C4=O)cc3F)c2cc1OC. The van der Waals surface area contributed by atoms with Gasteiger partial charge in [0.2, 0.25) is 0 Å². The molecule has 4 amide bonds. The molecule has 0 saturated carbocycles. The van der Waals surface area contributed by atoms with E-state index in [1.807, 2.05) is 0 Å². The van der Waals surface area contributed by atoms with Crippen molar-refractivity contribution in [1.29, 1.82) is 0 Å². The van der Waals surface area contributed by atoms with Crippen molar-refractivity contribution >= 4 is 34.4 Å². The van der Waals surface area contributed by atoms with Gasteiger partial charge in [0.05, 0.1) is 19.7 Å². The number of nitrogens with zero attached hydrogens (tertiary/aromatic N) is 4. The van der Waals surface area contributed by atoms with Gasteiger partial charge in [0.1, 0.15) is 19.3 Å². The lowest BCUT2D eigenvalue weighted by Gasteiger charge is -2.26. The number of amides is 4. The van der Waals surface area contributed by atoms with Gasteiger partial charge in [-0.05, 0) is 37.1 Å². The van der Waals surface area contributed by atoms with E-state index in [2.05, 4.69) is 15.4 Å². The Morgan fingerprint density at radius 2 is 1.80 bits per heavy atom. The number of ether oxygens (including phenoxy) is 4. The first-order valence-electron chi connectivity index (χ1n) is 13.0. The van der Waals surface area contributed by atoms with Gasteiger partial charge in [-0.3, -0.25) is 9.78 Å². The number of carbonyl (C=O) groups is 3. The van der Waals surface area contributed by atoms with Crippen LogP contribution in [0.3, 0.4) is 0 Å². The number of azo groups is 2. The maximum absolute atomic E-state index is 15.1. The highest BCUT2D eigenvalue weighted by Crippen LogP contribution is 2.37. The topological polar surface area (TPSA) is 132 Å². The zero-order chi connectivity index (χ0) is 29.1. The molecular weight excluding hydrogens is 537 g/mol. The highest BCUT2D eigenvalue weighted by molar-refractivity contribution is 6.13. The third kappa shape index (κ3) is 5.80. The van der Waals surface area contributed by atoms with Crippen LogP contribution in [0.15, 0.2) is 47.7 Å². The zero-order valence-electron chi connectivity index (χ0n) is 22.8. The molecule has 5 rings (SSSR count). The number of aromatic nitrogens is 1. The van der Waals surface area contributed by atoms with Gasteiger partial charge < -0.3 is 24.3 Å². The monoisotopic (exact) mass is 566 g/mol. The molecule has 214 valence electrons. The third-order valence-electron chi connectivity index (χ3n) is 6.95. The minimum absolute atomic E-state index is 0.0779. The van der Waals surface area contributed by atoms with Crippen molar-refractivity contribution in [1.82, 2.24) is 9.88 Å². The first-order valence-corrected chi connectivity index (χ1v) is 13.0. The molecule has 2 aliphatic rings. The van der Waals surface area contributed by atoms with Crippen LogP contribution in [-0.4, -0.2) is 79.5 Å². The summed E-state index contributed by atoms with van der Waals surface area (Å²) in [5.41, 5.74) is 0.643. The Labute approximate surface area is 234 Å². The number of urea groups is 1. The van der Waals surface area contributed by atoms with Gasteiger partial charge in [0.15, 0.2) is 23.1 Å². The van der Waals surface area contributed by atoms with Crippen LogP contribution >= 0.6 is 0 Å². The number of nitrogens with one attached hydrogen (secondary N) is 1. The van der Waals surface area contributed by atoms with Gasteiger partial charge in [-0.15, -0.1) is 4.70 Å². The molecule has 1 atom stereocenters. The van der Waals surface area contributed by atoms with Gasteiger partial charge in [0, 0.05) is 48.5 Å². The minimum atomic E-state index is -1.49. The predicted molar refractivity (Wildman–Crippen MR) is 143 cm³/mol. The Balaban J connectivity index is 1.31. The molecule has 12 nitrogen and oxygen atoms in total. The van der Waals surface area contributed by atoms with Crippen LogP contribution < -0.4 is 19.5 Å². The molecule has 0 spiro atoms. The Morgan fingerprint density at radius 1 is 1.07 bits per heavy atom. The number of carbonyl (C=O) groups excluding carboxylic acids is 3. The first kappa shape index (κ1) is 27.9. The second-order valence-corrected chi connectivity index (χ2v) is 9.60. The molecular formula is C28H29FN5O7+. The number of rotatable bonds is 8. The number of hydrogen-bond donors (Lipinski definition) is 1. The number of benzene rings is 2. The van der Waals surface area contributed by atoms with Crippen molar-refractivity contribution in [2.75, 3.05) is 46.3 Å². The number of anilines is 1. The molecule has 1 saturated heterocycles. The normalized spacial score (nSPS) is 17.8. The summed E-state index contributed by atoms with van der Waals surface area (Å²) in [6.07, 6.45) is 2.94. The second-order valence-electron chi connectivity index (χ2n) is 9.60. The number of halogens is 1. The van der Waals surface area contributed by atoms with Crippen molar-refractivity contribution in [2.24, 2.45) is 11.0 Å². The molecule has 41 heavy (non-hydrogen) atoms. The quantitative estimate of drug-likeness (QED) is 0.320. The van der Waals surface area contributed by atoms with Gasteiger partial charge in [-0.2, -0.15) is 9.69 Å². The van der Waals surface area contributed by atoms with Crippen molar-refractivity contribution in [2.45, 2.75) is 18.9 Å². The molecule has 0 bridgehead atoms. The number of fused-ring (bicyclic) bond motifs is 1. The summed E-state index contributed by atoms with van der Waals surface area (Å²) < 4.78 is 37.9. The zero-order valence-corrected chi connectivity index (χ0v) is 22.8. The smallest absolute Gasteiger partial charge is 0.493 e. The summed E-state index contributed by atoms with van der Waals surface area (Å²) in [5.74, 6) is -1.02. The molecule has 1 aromatic heterocycles. The minimum Gasteiger partial charge on any atom is -0.493 e. The van der Waals surface area contributed by atoms with Crippen molar-refractivity contribution in [3.05, 3.63) is 48.4 Å². The lowest BCUT2D eigenvalue weighted by molar-refractivity contribution is -0.482. The molecule has 1 unspecified atom stereocenters. The molecule has 1 fully saturated rings. The van der Waals surface area contributed by atoms with E-state index in [9.17, 15) is 14.4 Å². The number of imide groups is 1. The van der Waals surface area contributed by atoms with Crippen molar-refractivity contribution in [3.63, 3.8) is 0 Å². The Kier molecular flexibility index (Phi) is 8.06. The van der Waals surface area contributed by atoms with Gasteiger partial charge in [0.25, 0.3) is 11.9 Å². The summed E-state index contributed by atoms with van der Waals surface area (Å²) in [7, 11) is 4.40. The van der Waals surface area contributed by atoms with Crippen molar-refractivity contribution < 1.29 is 42.4 Å². The van der Waals surface area contributed by atoms with E-state index < -0.39 is 29.7 Å². The first-order chi connectivity index (χ1) is 19.8. The molecule has 3 heterocycles. The number of pyridine rings is 1. The molecule has 2 aliphatic heterocycles. The van der Waals surface area contributed by atoms with E-state index in [0.29, 0.717) is 54.2 Å². The summed E-state index contributed by atoms with van der Waals surface area (Å²) in [6.45, 7) is 1.28. The van der Waals surface area contributed by atoms with Crippen LogP contribution in [-0.2, 0) is 14.3 Å². The molecule has 0 aliphatic carbocycles. The van der Waals surface area contributed by atoms with Crippen LogP contribution in [0.2, 0.25) is 0 Å². The highest BCUT2D eigenvalue weighted by Gasteiger charge is 2.47. The average molecular weight is 567 g/mol. The molecule has 2 aromatic carbocycles. The summed E-state index contributed by atoms with van der Waals surface area (Å²) in [5, 5.41) is 7.04. The Hall–Kier alpha value is -4.65. The fourth-order valence-corrected chi connectivity index (χ4v) is 4.74. The third-order valence-corrected chi connectivity index (χ3v) is 6.95.